The number of rotatable bonds is 6. The van der Waals surface area contributed by atoms with E-state index in [0.717, 1.165) is 18.9 Å². The van der Waals surface area contributed by atoms with Gasteiger partial charge in [0.15, 0.2) is 0 Å². The standard InChI is InChI=1S/C18H28N2O/c1-3-10-19-14-11-16-8-9-17(12-14)20(16)15-6-5-7-18(13-15)21-4-2/h5-7,13-14,16-17,19H,3-4,8-12H2,1-2H3. The number of piperidine rings is 1. The number of nitrogens with zero attached hydrogens (tertiary/aromatic N) is 1. The molecule has 21 heavy (non-hydrogen) atoms. The summed E-state index contributed by atoms with van der Waals surface area (Å²) in [6, 6.07) is 10.8. The molecule has 2 aliphatic heterocycles. The van der Waals surface area contributed by atoms with Crippen molar-refractivity contribution < 1.29 is 4.74 Å². The normalized spacial score (nSPS) is 27.9. The van der Waals surface area contributed by atoms with Gasteiger partial charge in [-0.05, 0) is 57.7 Å². The van der Waals surface area contributed by atoms with Crippen LogP contribution in [0.2, 0.25) is 0 Å². The molecule has 1 aromatic carbocycles. The lowest BCUT2D eigenvalue weighted by Gasteiger charge is -2.41. The van der Waals surface area contributed by atoms with Crippen molar-refractivity contribution in [1.82, 2.24) is 5.32 Å². The number of benzene rings is 1. The van der Waals surface area contributed by atoms with Crippen molar-refractivity contribution in [3.63, 3.8) is 0 Å². The highest BCUT2D eigenvalue weighted by molar-refractivity contribution is 5.54. The fraction of sp³-hybridized carbons (Fsp3) is 0.667. The largest absolute Gasteiger partial charge is 0.494 e. The van der Waals surface area contributed by atoms with Gasteiger partial charge in [0.2, 0.25) is 0 Å². The predicted octanol–water partition coefficient (Wildman–Crippen LogP) is 3.58. The summed E-state index contributed by atoms with van der Waals surface area (Å²) in [5, 5.41) is 3.72. The summed E-state index contributed by atoms with van der Waals surface area (Å²) in [6.07, 6.45) is 6.48. The minimum atomic E-state index is 0.704. The fourth-order valence-electron chi connectivity index (χ4n) is 4.01. The van der Waals surface area contributed by atoms with E-state index in [1.165, 1.54) is 37.8 Å². The van der Waals surface area contributed by atoms with Crippen molar-refractivity contribution in [1.29, 1.82) is 0 Å². The smallest absolute Gasteiger partial charge is 0.121 e. The predicted molar refractivity (Wildman–Crippen MR) is 88.2 cm³/mol. The maximum Gasteiger partial charge on any atom is 0.121 e. The van der Waals surface area contributed by atoms with E-state index in [0.29, 0.717) is 18.1 Å². The first kappa shape index (κ1) is 14.7. The number of hydrogen-bond donors (Lipinski definition) is 1. The lowest BCUT2D eigenvalue weighted by Crippen LogP contribution is -2.49. The van der Waals surface area contributed by atoms with Crippen molar-refractivity contribution in [2.75, 3.05) is 18.1 Å². The maximum atomic E-state index is 5.66. The van der Waals surface area contributed by atoms with E-state index in [-0.39, 0.29) is 0 Å². The minimum absolute atomic E-state index is 0.704. The van der Waals surface area contributed by atoms with Crippen molar-refractivity contribution in [3.8, 4) is 5.75 Å². The van der Waals surface area contributed by atoms with E-state index < -0.39 is 0 Å². The van der Waals surface area contributed by atoms with E-state index in [9.17, 15) is 0 Å². The third-order valence-corrected chi connectivity index (χ3v) is 4.84. The highest BCUT2D eigenvalue weighted by atomic mass is 16.5. The summed E-state index contributed by atoms with van der Waals surface area (Å²) < 4.78 is 5.66. The zero-order valence-electron chi connectivity index (χ0n) is 13.3. The Labute approximate surface area is 128 Å². The molecule has 0 radical (unpaired) electrons. The lowest BCUT2D eigenvalue weighted by molar-refractivity contribution is 0.338. The molecule has 0 spiro atoms. The van der Waals surface area contributed by atoms with Gasteiger partial charge in [0.25, 0.3) is 0 Å². The summed E-state index contributed by atoms with van der Waals surface area (Å²) in [5.74, 6) is 1.00. The summed E-state index contributed by atoms with van der Waals surface area (Å²) in [7, 11) is 0. The first-order valence-electron chi connectivity index (χ1n) is 8.56. The summed E-state index contributed by atoms with van der Waals surface area (Å²) in [4.78, 5) is 2.66. The van der Waals surface area contributed by atoms with Crippen LogP contribution < -0.4 is 15.0 Å². The van der Waals surface area contributed by atoms with Gasteiger partial charge in [-0.25, -0.2) is 0 Å². The molecule has 1 N–H and O–H groups in total. The fourth-order valence-corrected chi connectivity index (χ4v) is 4.01. The van der Waals surface area contributed by atoms with Gasteiger partial charge in [0.05, 0.1) is 6.61 Å². The second kappa shape index (κ2) is 6.69. The topological polar surface area (TPSA) is 24.5 Å². The minimum Gasteiger partial charge on any atom is -0.494 e. The van der Waals surface area contributed by atoms with Gasteiger partial charge in [-0.3, -0.25) is 0 Å². The Bertz CT molecular complexity index is 448. The van der Waals surface area contributed by atoms with Crippen LogP contribution >= 0.6 is 0 Å². The third kappa shape index (κ3) is 3.18. The molecule has 3 heteroatoms. The Balaban J connectivity index is 1.71. The Morgan fingerprint density at radius 3 is 2.62 bits per heavy atom. The zero-order valence-corrected chi connectivity index (χ0v) is 13.3. The van der Waals surface area contributed by atoms with Crippen LogP contribution in [-0.2, 0) is 0 Å². The van der Waals surface area contributed by atoms with Crippen LogP contribution in [0.1, 0.15) is 46.0 Å². The highest BCUT2D eigenvalue weighted by Crippen LogP contribution is 2.40. The van der Waals surface area contributed by atoms with Crippen LogP contribution in [0.5, 0.6) is 5.75 Å². The lowest BCUT2D eigenvalue weighted by atomic mass is 9.96. The molecule has 2 bridgehead atoms. The first-order chi connectivity index (χ1) is 10.3. The van der Waals surface area contributed by atoms with Crippen LogP contribution in [0.4, 0.5) is 5.69 Å². The molecular formula is C18H28N2O. The van der Waals surface area contributed by atoms with Gasteiger partial charge in [-0.2, -0.15) is 0 Å². The molecule has 0 amide bonds. The molecule has 0 saturated carbocycles. The molecule has 1 aromatic rings. The quantitative estimate of drug-likeness (QED) is 0.866. The highest BCUT2D eigenvalue weighted by Gasteiger charge is 2.40. The molecule has 3 rings (SSSR count). The van der Waals surface area contributed by atoms with Crippen molar-refractivity contribution >= 4 is 5.69 Å². The molecule has 2 fully saturated rings. The van der Waals surface area contributed by atoms with E-state index in [4.69, 9.17) is 4.74 Å². The molecule has 2 unspecified atom stereocenters. The van der Waals surface area contributed by atoms with Gasteiger partial charge in [0.1, 0.15) is 5.75 Å². The Hall–Kier alpha value is -1.22. The molecule has 3 nitrogen and oxygen atoms in total. The summed E-state index contributed by atoms with van der Waals surface area (Å²) in [5.41, 5.74) is 1.35. The van der Waals surface area contributed by atoms with Crippen LogP contribution in [0.25, 0.3) is 0 Å². The van der Waals surface area contributed by atoms with Gasteiger partial charge >= 0.3 is 0 Å². The van der Waals surface area contributed by atoms with E-state index in [1.807, 2.05) is 6.92 Å². The van der Waals surface area contributed by atoms with E-state index >= 15 is 0 Å². The molecule has 0 aliphatic carbocycles. The van der Waals surface area contributed by atoms with Crippen molar-refractivity contribution in [2.45, 2.75) is 64.1 Å². The molecule has 2 atom stereocenters. The molecule has 2 saturated heterocycles. The summed E-state index contributed by atoms with van der Waals surface area (Å²) in [6.45, 7) is 6.18. The maximum absolute atomic E-state index is 5.66. The third-order valence-electron chi connectivity index (χ3n) is 4.84. The number of nitrogens with one attached hydrogen (secondary N) is 1. The number of ether oxygens (including phenoxy) is 1. The van der Waals surface area contributed by atoms with Gasteiger partial charge in [-0.1, -0.05) is 13.0 Å². The molecule has 2 heterocycles. The van der Waals surface area contributed by atoms with Gasteiger partial charge < -0.3 is 15.0 Å². The van der Waals surface area contributed by atoms with E-state index in [1.54, 1.807) is 0 Å². The monoisotopic (exact) mass is 288 g/mol. The first-order valence-corrected chi connectivity index (χ1v) is 8.56. The molecule has 116 valence electrons. The zero-order chi connectivity index (χ0) is 14.7. The Morgan fingerprint density at radius 1 is 1.19 bits per heavy atom. The number of anilines is 1. The average Bonchev–Trinajstić information content (AvgIpc) is 2.77. The average molecular weight is 288 g/mol. The van der Waals surface area contributed by atoms with Gasteiger partial charge in [0, 0.05) is 29.9 Å². The van der Waals surface area contributed by atoms with Crippen LogP contribution in [0.15, 0.2) is 24.3 Å². The van der Waals surface area contributed by atoms with Crippen LogP contribution in [-0.4, -0.2) is 31.3 Å². The van der Waals surface area contributed by atoms with Crippen LogP contribution in [0, 0.1) is 0 Å². The Morgan fingerprint density at radius 2 is 1.95 bits per heavy atom. The summed E-state index contributed by atoms with van der Waals surface area (Å²) >= 11 is 0. The van der Waals surface area contributed by atoms with Gasteiger partial charge in [-0.15, -0.1) is 0 Å². The number of fused-ring (bicyclic) bond motifs is 2. The van der Waals surface area contributed by atoms with E-state index in [2.05, 4.69) is 41.4 Å². The van der Waals surface area contributed by atoms with Crippen molar-refractivity contribution in [2.24, 2.45) is 0 Å². The van der Waals surface area contributed by atoms with Crippen LogP contribution in [0.3, 0.4) is 0 Å². The molecule has 2 aliphatic rings. The second-order valence-electron chi connectivity index (χ2n) is 6.35. The number of hydrogen-bond acceptors (Lipinski definition) is 3. The SMILES string of the molecule is CCCNC1CC2CCC(C1)N2c1cccc(OCC)c1. The molecular weight excluding hydrogens is 260 g/mol. The molecule has 0 aromatic heterocycles. The Kier molecular flexibility index (Phi) is 4.69. The second-order valence-corrected chi connectivity index (χ2v) is 6.35. The van der Waals surface area contributed by atoms with Crippen molar-refractivity contribution in [3.05, 3.63) is 24.3 Å².